The number of hydrogen-bond donors (Lipinski definition) is 1. The van der Waals surface area contributed by atoms with E-state index < -0.39 is 0 Å². The molecule has 6 rings (SSSR count). The Morgan fingerprint density at radius 2 is 1.69 bits per heavy atom. The van der Waals surface area contributed by atoms with Gasteiger partial charge in [0.25, 0.3) is 0 Å². The van der Waals surface area contributed by atoms with Crippen molar-refractivity contribution in [1.82, 2.24) is 4.98 Å². The van der Waals surface area contributed by atoms with Gasteiger partial charge in [0.2, 0.25) is 5.88 Å². The number of pyridine rings is 1. The van der Waals surface area contributed by atoms with Gasteiger partial charge < -0.3 is 14.8 Å². The Morgan fingerprint density at radius 3 is 2.49 bits per heavy atom. The van der Waals surface area contributed by atoms with Crippen molar-refractivity contribution >= 4 is 34.1 Å². The second-order valence-corrected chi connectivity index (χ2v) is 10.2. The number of ketones is 1. The van der Waals surface area contributed by atoms with Crippen LogP contribution in [0, 0.1) is 5.92 Å². The van der Waals surface area contributed by atoms with Crippen molar-refractivity contribution in [2.75, 3.05) is 23.4 Å². The molecule has 1 saturated carbocycles. The molecule has 2 heterocycles. The Morgan fingerprint density at radius 1 is 0.923 bits per heavy atom. The molecule has 7 heteroatoms. The van der Waals surface area contributed by atoms with Gasteiger partial charge in [0.05, 0.1) is 17.7 Å². The van der Waals surface area contributed by atoms with Gasteiger partial charge in [-0.15, -0.1) is 0 Å². The van der Waals surface area contributed by atoms with Gasteiger partial charge in [-0.1, -0.05) is 30.3 Å². The van der Waals surface area contributed by atoms with Crippen LogP contribution in [0.2, 0.25) is 0 Å². The minimum Gasteiger partial charge on any atom is -0.490 e. The summed E-state index contributed by atoms with van der Waals surface area (Å²) >= 11 is 0. The summed E-state index contributed by atoms with van der Waals surface area (Å²) in [6, 6.07) is 25.3. The minimum atomic E-state index is -0.180. The summed E-state index contributed by atoms with van der Waals surface area (Å²) in [7, 11) is 0. The van der Waals surface area contributed by atoms with Crippen molar-refractivity contribution in [2.24, 2.45) is 5.92 Å². The Kier molecular flexibility index (Phi) is 6.88. The zero-order valence-corrected chi connectivity index (χ0v) is 21.9. The number of amides is 2. The monoisotopic (exact) mass is 521 g/mol. The fourth-order valence-electron chi connectivity index (χ4n) is 5.43. The third kappa shape index (κ3) is 5.43. The number of para-hydroxylation sites is 1. The lowest BCUT2D eigenvalue weighted by atomic mass is 9.85. The maximum atomic E-state index is 13.0. The number of nitrogens with zero attached hydrogens (tertiary/aromatic N) is 2. The molecule has 1 N–H and O–H groups in total. The molecule has 1 fully saturated rings. The zero-order chi connectivity index (χ0) is 26.8. The van der Waals surface area contributed by atoms with Gasteiger partial charge in [0.15, 0.2) is 0 Å². The van der Waals surface area contributed by atoms with Gasteiger partial charge >= 0.3 is 6.03 Å². The maximum Gasteiger partial charge on any atom is 0.326 e. The minimum absolute atomic E-state index is 0.106. The fourth-order valence-corrected chi connectivity index (χ4v) is 5.43. The number of aromatic nitrogens is 1. The molecular weight excluding hydrogens is 490 g/mol. The van der Waals surface area contributed by atoms with Crippen LogP contribution in [-0.2, 0) is 4.79 Å². The van der Waals surface area contributed by atoms with Gasteiger partial charge in [0.1, 0.15) is 24.2 Å². The Hall–Kier alpha value is -4.39. The first-order valence-corrected chi connectivity index (χ1v) is 13.5. The van der Waals surface area contributed by atoms with Crippen LogP contribution in [0.15, 0.2) is 78.9 Å². The van der Waals surface area contributed by atoms with E-state index in [2.05, 4.69) is 11.4 Å². The number of Topliss-reactive ketones (excluding diaryl/α,β-unsaturated/α-hetero) is 1. The Labute approximate surface area is 227 Å². The molecule has 1 aliphatic heterocycles. The van der Waals surface area contributed by atoms with Gasteiger partial charge in [0, 0.05) is 23.1 Å². The highest BCUT2D eigenvalue weighted by atomic mass is 16.5. The first kappa shape index (κ1) is 24.9. The molecule has 2 amide bonds. The predicted octanol–water partition coefficient (Wildman–Crippen LogP) is 6.86. The van der Waals surface area contributed by atoms with E-state index in [4.69, 9.17) is 14.5 Å². The summed E-state index contributed by atoms with van der Waals surface area (Å²) in [6.07, 6.45) is 3.64. The summed E-state index contributed by atoms with van der Waals surface area (Å²) < 4.78 is 12.1. The van der Waals surface area contributed by atoms with Crippen molar-refractivity contribution in [1.29, 1.82) is 0 Å². The summed E-state index contributed by atoms with van der Waals surface area (Å²) in [5.41, 5.74) is 4.42. The molecule has 198 valence electrons. The molecule has 0 unspecified atom stereocenters. The van der Waals surface area contributed by atoms with Gasteiger partial charge in [-0.3, -0.25) is 9.69 Å². The van der Waals surface area contributed by atoms with Crippen LogP contribution in [-0.4, -0.2) is 36.1 Å². The first-order chi connectivity index (χ1) is 19.0. The largest absolute Gasteiger partial charge is 0.490 e. The van der Waals surface area contributed by atoms with Gasteiger partial charge in [-0.25, -0.2) is 9.78 Å². The van der Waals surface area contributed by atoms with E-state index in [1.54, 1.807) is 11.8 Å². The van der Waals surface area contributed by atoms with Crippen LogP contribution in [0.25, 0.3) is 22.0 Å². The van der Waals surface area contributed by atoms with Crippen LogP contribution in [0.3, 0.4) is 0 Å². The van der Waals surface area contributed by atoms with Crippen LogP contribution >= 0.6 is 0 Å². The van der Waals surface area contributed by atoms with Gasteiger partial charge in [-0.05, 0) is 86.2 Å². The maximum absolute atomic E-state index is 13.0. The van der Waals surface area contributed by atoms with Crippen molar-refractivity contribution in [2.45, 2.75) is 38.7 Å². The summed E-state index contributed by atoms with van der Waals surface area (Å²) in [4.78, 5) is 31.0. The summed E-state index contributed by atoms with van der Waals surface area (Å²) in [6.45, 7) is 2.59. The van der Waals surface area contributed by atoms with E-state index in [-0.39, 0.29) is 23.8 Å². The number of nitrogens with one attached hydrogen (secondary N) is 1. The van der Waals surface area contributed by atoms with Crippen LogP contribution in [0.1, 0.15) is 32.6 Å². The number of rotatable bonds is 5. The molecule has 2 aliphatic rings. The number of anilines is 2. The lowest BCUT2D eigenvalue weighted by molar-refractivity contribution is -0.122. The molecule has 1 aromatic heterocycles. The van der Waals surface area contributed by atoms with Crippen LogP contribution in [0.5, 0.6) is 11.6 Å². The second-order valence-electron chi connectivity index (χ2n) is 10.2. The number of carbonyl (C=O) groups is 2. The second kappa shape index (κ2) is 10.8. The quantitative estimate of drug-likeness (QED) is 0.310. The van der Waals surface area contributed by atoms with E-state index in [0.29, 0.717) is 24.8 Å². The number of hydrogen-bond acceptors (Lipinski definition) is 5. The van der Waals surface area contributed by atoms with Crippen molar-refractivity contribution in [3.63, 3.8) is 0 Å². The molecule has 0 atom stereocenters. The first-order valence-electron chi connectivity index (χ1n) is 13.5. The normalized spacial score (nSPS) is 18.6. The van der Waals surface area contributed by atoms with Gasteiger partial charge in [-0.2, -0.15) is 0 Å². The molecule has 7 nitrogen and oxygen atoms in total. The predicted molar refractivity (Wildman–Crippen MR) is 153 cm³/mol. The highest BCUT2D eigenvalue weighted by Gasteiger charge is 2.26. The van der Waals surface area contributed by atoms with Crippen molar-refractivity contribution < 1.29 is 19.1 Å². The molecule has 3 aromatic carbocycles. The summed E-state index contributed by atoms with van der Waals surface area (Å²) in [5, 5.41) is 3.97. The fraction of sp³-hybridized carbons (Fsp3) is 0.281. The number of fused-ring (bicyclic) bond motifs is 2. The van der Waals surface area contributed by atoms with E-state index in [9.17, 15) is 9.59 Å². The molecule has 0 spiro atoms. The van der Waals surface area contributed by atoms with E-state index in [1.165, 1.54) is 0 Å². The zero-order valence-electron chi connectivity index (χ0n) is 21.9. The van der Waals surface area contributed by atoms with Crippen molar-refractivity contribution in [3.05, 3.63) is 78.9 Å². The topological polar surface area (TPSA) is 80.8 Å². The average molecular weight is 522 g/mol. The van der Waals surface area contributed by atoms with Crippen molar-refractivity contribution in [3.8, 4) is 22.8 Å². The SMILES string of the molecule is CC(=O)C1CCC(Oc2ccc3cc(-c4ccc5c(c4)OCCN5C(=O)Nc4ccccc4)ccc3n2)CC1. The Balaban J connectivity index is 1.17. The van der Waals surface area contributed by atoms with E-state index in [1.807, 2.05) is 72.8 Å². The average Bonchev–Trinajstić information content (AvgIpc) is 2.97. The van der Waals surface area contributed by atoms with Crippen LogP contribution < -0.4 is 19.7 Å². The molecule has 1 aliphatic carbocycles. The highest BCUT2D eigenvalue weighted by Crippen LogP contribution is 2.37. The molecule has 0 radical (unpaired) electrons. The van der Waals surface area contributed by atoms with E-state index in [0.717, 1.165) is 59.1 Å². The lowest BCUT2D eigenvalue weighted by Crippen LogP contribution is -2.40. The standard InChI is InChI=1S/C32H31N3O4/c1-21(36)22-7-12-27(13-8-22)39-31-16-11-25-19-23(9-14-28(25)34-31)24-10-15-29-30(20-24)38-18-17-35(29)32(37)33-26-5-3-2-4-6-26/h2-6,9-11,14-16,19-20,22,27H,7-8,12-13,17-18H2,1H3,(H,33,37). The summed E-state index contributed by atoms with van der Waals surface area (Å²) in [5.74, 6) is 1.77. The van der Waals surface area contributed by atoms with E-state index >= 15 is 0 Å². The Bertz CT molecular complexity index is 1510. The smallest absolute Gasteiger partial charge is 0.326 e. The third-order valence-corrected chi connectivity index (χ3v) is 7.63. The molecule has 4 aromatic rings. The highest BCUT2D eigenvalue weighted by molar-refractivity contribution is 6.03. The number of benzene rings is 3. The third-order valence-electron chi connectivity index (χ3n) is 7.63. The van der Waals surface area contributed by atoms with Crippen LogP contribution in [0.4, 0.5) is 16.2 Å². The lowest BCUT2D eigenvalue weighted by Gasteiger charge is -2.30. The molecule has 0 bridgehead atoms. The number of ether oxygens (including phenoxy) is 2. The molecular formula is C32H31N3O4. The number of urea groups is 1. The number of carbonyl (C=O) groups excluding carboxylic acids is 2. The molecule has 0 saturated heterocycles. The molecule has 39 heavy (non-hydrogen) atoms.